The number of likely N-dealkylation sites (N-methyl/N-ethyl adjacent to an activating group) is 1. The minimum Gasteiger partial charge on any atom is -0.465 e. The largest absolute Gasteiger partial charge is 0.465 e. The van der Waals surface area contributed by atoms with Gasteiger partial charge in [0, 0.05) is 0 Å². The van der Waals surface area contributed by atoms with Gasteiger partial charge in [-0.1, -0.05) is 25.1 Å². The van der Waals surface area contributed by atoms with E-state index in [4.69, 9.17) is 4.42 Å². The summed E-state index contributed by atoms with van der Waals surface area (Å²) < 4.78 is 43.8. The van der Waals surface area contributed by atoms with Crippen LogP contribution in [0.4, 0.5) is 13.2 Å². The molecule has 1 aromatic carbocycles. The fourth-order valence-corrected chi connectivity index (χ4v) is 2.27. The molecule has 0 aliphatic carbocycles. The van der Waals surface area contributed by atoms with E-state index in [1.54, 1.807) is 6.07 Å². The maximum Gasteiger partial charge on any atom is 0.416 e. The Balaban J connectivity index is 2.21. The van der Waals surface area contributed by atoms with Gasteiger partial charge in [-0.25, -0.2) is 0 Å². The van der Waals surface area contributed by atoms with E-state index in [0.717, 1.165) is 17.6 Å². The Bertz CT molecular complexity index is 589. The topological polar surface area (TPSA) is 25.2 Å². The lowest BCUT2D eigenvalue weighted by atomic mass is 10.0. The first-order valence-electron chi connectivity index (χ1n) is 6.86. The van der Waals surface area contributed by atoms with Gasteiger partial charge in [0.2, 0.25) is 0 Å². The van der Waals surface area contributed by atoms with Gasteiger partial charge in [0.1, 0.15) is 11.5 Å². The van der Waals surface area contributed by atoms with Crippen molar-refractivity contribution >= 4 is 0 Å². The summed E-state index contributed by atoms with van der Waals surface area (Å²) in [6.07, 6.45) is -3.87. The molecule has 0 radical (unpaired) electrons. The lowest BCUT2D eigenvalue weighted by molar-refractivity contribution is -0.137. The summed E-state index contributed by atoms with van der Waals surface area (Å²) in [5, 5.41) is 3.24. The first kappa shape index (κ1) is 15.6. The predicted octanol–water partition coefficient (Wildman–Crippen LogP) is 4.50. The second kappa shape index (κ2) is 6.35. The van der Waals surface area contributed by atoms with Crippen LogP contribution in [-0.4, -0.2) is 6.54 Å². The van der Waals surface area contributed by atoms with Crippen molar-refractivity contribution < 1.29 is 17.6 Å². The Kier molecular flexibility index (Phi) is 4.73. The molecular formula is C16H18F3NO. The number of hydrogen-bond donors (Lipinski definition) is 1. The third kappa shape index (κ3) is 4.11. The molecule has 2 aromatic rings. The lowest BCUT2D eigenvalue weighted by Gasteiger charge is -2.16. The second-order valence-electron chi connectivity index (χ2n) is 4.96. The average molecular weight is 297 g/mol. The van der Waals surface area contributed by atoms with Crippen LogP contribution in [-0.2, 0) is 12.6 Å². The van der Waals surface area contributed by atoms with Crippen LogP contribution in [0.15, 0.2) is 40.8 Å². The highest BCUT2D eigenvalue weighted by Gasteiger charge is 2.30. The van der Waals surface area contributed by atoms with E-state index in [2.05, 4.69) is 5.32 Å². The summed E-state index contributed by atoms with van der Waals surface area (Å²) in [5.41, 5.74) is 0.00991. The van der Waals surface area contributed by atoms with Crippen LogP contribution < -0.4 is 5.32 Å². The molecule has 21 heavy (non-hydrogen) atoms. The van der Waals surface area contributed by atoms with Crippen molar-refractivity contribution in [3.05, 3.63) is 59.0 Å². The number of halogens is 3. The number of alkyl halides is 3. The van der Waals surface area contributed by atoms with Gasteiger partial charge in [0.15, 0.2) is 0 Å². The summed E-state index contributed by atoms with van der Waals surface area (Å²) >= 11 is 0. The predicted molar refractivity (Wildman–Crippen MR) is 75.0 cm³/mol. The molecule has 114 valence electrons. The van der Waals surface area contributed by atoms with Gasteiger partial charge < -0.3 is 9.73 Å². The van der Waals surface area contributed by atoms with Crippen LogP contribution >= 0.6 is 0 Å². The number of hydrogen-bond acceptors (Lipinski definition) is 2. The lowest BCUT2D eigenvalue weighted by Crippen LogP contribution is -2.22. The van der Waals surface area contributed by atoms with Crippen molar-refractivity contribution in [1.29, 1.82) is 0 Å². The molecule has 5 heteroatoms. The zero-order valence-electron chi connectivity index (χ0n) is 12.0. The smallest absolute Gasteiger partial charge is 0.416 e. The van der Waals surface area contributed by atoms with E-state index in [9.17, 15) is 13.2 Å². The van der Waals surface area contributed by atoms with E-state index in [-0.39, 0.29) is 6.04 Å². The molecule has 1 aromatic heterocycles. The fraction of sp³-hybridized carbons (Fsp3) is 0.375. The average Bonchev–Trinajstić information content (AvgIpc) is 2.84. The van der Waals surface area contributed by atoms with Crippen molar-refractivity contribution in [2.75, 3.05) is 6.54 Å². The molecule has 0 bridgehead atoms. The normalized spacial score (nSPS) is 13.4. The zero-order chi connectivity index (χ0) is 15.5. The highest BCUT2D eigenvalue weighted by molar-refractivity contribution is 5.27. The minimum absolute atomic E-state index is 0.132. The van der Waals surface area contributed by atoms with Crippen molar-refractivity contribution in [2.45, 2.75) is 32.5 Å². The number of furan rings is 1. The highest BCUT2D eigenvalue weighted by Crippen LogP contribution is 2.30. The minimum atomic E-state index is -4.31. The summed E-state index contributed by atoms with van der Waals surface area (Å²) in [6.45, 7) is 4.51. The van der Waals surface area contributed by atoms with Gasteiger partial charge in [-0.15, -0.1) is 0 Å². The van der Waals surface area contributed by atoms with E-state index in [1.165, 1.54) is 12.1 Å². The maximum absolute atomic E-state index is 12.7. The Hall–Kier alpha value is -1.75. The molecule has 0 fully saturated rings. The molecule has 0 spiro atoms. The van der Waals surface area contributed by atoms with Crippen LogP contribution in [0.1, 0.15) is 35.6 Å². The summed E-state index contributed by atoms with van der Waals surface area (Å²) in [5.74, 6) is 1.53. The molecule has 0 saturated heterocycles. The van der Waals surface area contributed by atoms with Crippen molar-refractivity contribution in [1.82, 2.24) is 5.32 Å². The third-order valence-electron chi connectivity index (χ3n) is 3.25. The molecule has 2 nitrogen and oxygen atoms in total. The van der Waals surface area contributed by atoms with Gasteiger partial charge in [0.25, 0.3) is 0 Å². The molecule has 0 amide bonds. The molecule has 1 atom stereocenters. The molecule has 0 aliphatic heterocycles. The van der Waals surface area contributed by atoms with Gasteiger partial charge in [-0.3, -0.25) is 0 Å². The Morgan fingerprint density at radius 3 is 2.52 bits per heavy atom. The van der Waals surface area contributed by atoms with Crippen molar-refractivity contribution in [3.8, 4) is 0 Å². The maximum atomic E-state index is 12.7. The van der Waals surface area contributed by atoms with Crippen LogP contribution in [0, 0.1) is 6.92 Å². The Labute approximate surface area is 122 Å². The van der Waals surface area contributed by atoms with Crippen LogP contribution in [0.2, 0.25) is 0 Å². The summed E-state index contributed by atoms with van der Waals surface area (Å²) in [4.78, 5) is 0. The fourth-order valence-electron chi connectivity index (χ4n) is 2.27. The SMILES string of the molecule is CCNC(Cc1cccc(C(F)(F)F)c1)c1ccc(C)o1. The molecule has 1 heterocycles. The molecule has 1 N–H and O–H groups in total. The molecule has 2 rings (SSSR count). The first-order valence-corrected chi connectivity index (χ1v) is 6.86. The van der Waals surface area contributed by atoms with Gasteiger partial charge in [-0.2, -0.15) is 13.2 Å². The van der Waals surface area contributed by atoms with Crippen LogP contribution in [0.3, 0.4) is 0 Å². The van der Waals surface area contributed by atoms with Crippen molar-refractivity contribution in [3.63, 3.8) is 0 Å². The molecule has 0 saturated carbocycles. The number of aryl methyl sites for hydroxylation is 1. The monoisotopic (exact) mass is 297 g/mol. The van der Waals surface area contributed by atoms with Crippen LogP contribution in [0.25, 0.3) is 0 Å². The Morgan fingerprint density at radius 1 is 1.19 bits per heavy atom. The van der Waals surface area contributed by atoms with Gasteiger partial charge in [-0.05, 0) is 43.7 Å². The third-order valence-corrected chi connectivity index (χ3v) is 3.25. The first-order chi connectivity index (χ1) is 9.90. The van der Waals surface area contributed by atoms with Gasteiger partial charge >= 0.3 is 6.18 Å². The number of rotatable bonds is 5. The number of benzene rings is 1. The molecule has 1 unspecified atom stereocenters. The van der Waals surface area contributed by atoms with Crippen molar-refractivity contribution in [2.24, 2.45) is 0 Å². The van der Waals surface area contributed by atoms with E-state index in [1.807, 2.05) is 26.0 Å². The van der Waals surface area contributed by atoms with Crippen LogP contribution in [0.5, 0.6) is 0 Å². The standard InChI is InChI=1S/C16H18F3NO/c1-3-20-14(15-8-7-11(2)21-15)10-12-5-4-6-13(9-12)16(17,18)19/h4-9,14,20H,3,10H2,1-2H3. The quantitative estimate of drug-likeness (QED) is 0.879. The van der Waals surface area contributed by atoms with E-state index in [0.29, 0.717) is 18.5 Å². The Morgan fingerprint density at radius 2 is 1.95 bits per heavy atom. The summed E-state index contributed by atoms with van der Waals surface area (Å²) in [7, 11) is 0. The van der Waals surface area contributed by atoms with E-state index >= 15 is 0 Å². The molecule has 0 aliphatic rings. The summed E-state index contributed by atoms with van der Waals surface area (Å²) in [6, 6.07) is 9.00. The second-order valence-corrected chi connectivity index (χ2v) is 4.96. The van der Waals surface area contributed by atoms with E-state index < -0.39 is 11.7 Å². The van der Waals surface area contributed by atoms with Gasteiger partial charge in [0.05, 0.1) is 11.6 Å². The highest BCUT2D eigenvalue weighted by atomic mass is 19.4. The zero-order valence-corrected chi connectivity index (χ0v) is 12.0. The molecular weight excluding hydrogens is 279 g/mol. The number of nitrogens with one attached hydrogen (secondary N) is 1.